The number of imide groups is 1. The molecule has 4 atom stereocenters. The number of fused-ring (bicyclic) bond motifs is 1. The molecule has 1 fully saturated rings. The van der Waals surface area contributed by atoms with Crippen molar-refractivity contribution in [1.29, 1.82) is 0 Å². The maximum absolute atomic E-state index is 13.8. The Morgan fingerprint density at radius 1 is 1.09 bits per heavy atom. The highest BCUT2D eigenvalue weighted by Gasteiger charge is 2.55. The molecule has 5 N–H and O–H groups in total. The summed E-state index contributed by atoms with van der Waals surface area (Å²) in [5.41, 5.74) is 3.32. The number of aliphatic hydroxyl groups is 3. The Labute approximate surface area is 256 Å². The average Bonchev–Trinajstić information content (AvgIpc) is 3.59. The van der Waals surface area contributed by atoms with Crippen LogP contribution in [-0.2, 0) is 16.2 Å². The number of furan rings is 1. The van der Waals surface area contributed by atoms with Gasteiger partial charge in [-0.25, -0.2) is 0 Å². The number of hydrogen-bond donors (Lipinski definition) is 5. The van der Waals surface area contributed by atoms with Gasteiger partial charge in [0.15, 0.2) is 0 Å². The summed E-state index contributed by atoms with van der Waals surface area (Å²) in [6.07, 6.45) is 3.41. The number of hydrogen-bond acceptors (Lipinski definition) is 9. The van der Waals surface area contributed by atoms with Crippen molar-refractivity contribution in [3.05, 3.63) is 89.2 Å². The number of pyridine rings is 1. The summed E-state index contributed by atoms with van der Waals surface area (Å²) in [5.74, 6) is -2.33. The smallest absolute Gasteiger partial charge is 0.459 e. The van der Waals surface area contributed by atoms with Crippen molar-refractivity contribution < 1.29 is 39.4 Å². The van der Waals surface area contributed by atoms with Crippen LogP contribution in [0.4, 0.5) is 5.69 Å². The van der Waals surface area contributed by atoms with Crippen LogP contribution < -0.4 is 10.4 Å². The van der Waals surface area contributed by atoms with Gasteiger partial charge in [0.2, 0.25) is 11.8 Å². The predicted octanol–water partition coefficient (Wildman–Crippen LogP) is 2.30. The summed E-state index contributed by atoms with van der Waals surface area (Å²) in [5, 5.41) is 51.0. The summed E-state index contributed by atoms with van der Waals surface area (Å²) >= 11 is 0. The highest BCUT2D eigenvalue weighted by Crippen LogP contribution is 2.48. The zero-order chi connectivity index (χ0) is 31.5. The summed E-state index contributed by atoms with van der Waals surface area (Å²) in [4.78, 5) is 33.1. The second kappa shape index (κ2) is 13.4. The van der Waals surface area contributed by atoms with E-state index in [1.165, 1.54) is 12.1 Å². The van der Waals surface area contributed by atoms with Gasteiger partial charge in [-0.15, -0.1) is 0 Å². The lowest BCUT2D eigenvalue weighted by Crippen LogP contribution is -2.40. The summed E-state index contributed by atoms with van der Waals surface area (Å²) < 4.78 is 5.67. The van der Waals surface area contributed by atoms with Crippen molar-refractivity contribution in [2.75, 3.05) is 11.5 Å². The Morgan fingerprint density at radius 3 is 2.52 bits per heavy atom. The van der Waals surface area contributed by atoms with Crippen LogP contribution in [0.25, 0.3) is 11.6 Å². The number of aliphatic hydroxyl groups excluding tert-OH is 3. The molecular formula is C33H37BN2O8. The van der Waals surface area contributed by atoms with Gasteiger partial charge in [-0.2, -0.15) is 0 Å². The molecular weight excluding hydrogens is 563 g/mol. The molecule has 0 radical (unpaired) electrons. The van der Waals surface area contributed by atoms with Crippen molar-refractivity contribution in [1.82, 2.24) is 4.98 Å². The number of benzene rings is 1. The van der Waals surface area contributed by atoms with E-state index < -0.39 is 49.4 Å². The van der Waals surface area contributed by atoms with Crippen LogP contribution in [0.5, 0.6) is 0 Å². The molecule has 230 valence electrons. The highest BCUT2D eigenvalue weighted by atomic mass is 16.4. The Morgan fingerprint density at radius 2 is 1.89 bits per heavy atom. The Kier molecular flexibility index (Phi) is 9.62. The van der Waals surface area contributed by atoms with Crippen molar-refractivity contribution in [3.8, 4) is 0 Å². The zero-order valence-corrected chi connectivity index (χ0v) is 24.7. The lowest BCUT2D eigenvalue weighted by Gasteiger charge is -2.38. The first-order chi connectivity index (χ1) is 21.1. The Hall–Kier alpha value is -3.87. The maximum atomic E-state index is 13.8. The van der Waals surface area contributed by atoms with E-state index in [1.807, 2.05) is 38.1 Å². The van der Waals surface area contributed by atoms with E-state index in [1.54, 1.807) is 30.5 Å². The quantitative estimate of drug-likeness (QED) is 0.126. The summed E-state index contributed by atoms with van der Waals surface area (Å²) in [6, 6.07) is 15.0. The van der Waals surface area contributed by atoms with Crippen molar-refractivity contribution in [3.63, 3.8) is 0 Å². The number of aromatic nitrogens is 1. The topological polar surface area (TPSA) is 165 Å². The van der Waals surface area contributed by atoms with Gasteiger partial charge in [0.25, 0.3) is 0 Å². The highest BCUT2D eigenvalue weighted by molar-refractivity contribution is 6.58. The van der Waals surface area contributed by atoms with Gasteiger partial charge in [0, 0.05) is 12.1 Å². The fourth-order valence-corrected chi connectivity index (χ4v) is 6.53. The molecule has 0 spiro atoms. The van der Waals surface area contributed by atoms with Crippen LogP contribution in [0.3, 0.4) is 0 Å². The van der Waals surface area contributed by atoms with Crippen LogP contribution in [0.1, 0.15) is 50.3 Å². The van der Waals surface area contributed by atoms with E-state index >= 15 is 0 Å². The van der Waals surface area contributed by atoms with Gasteiger partial charge in [-0.3, -0.25) is 19.5 Å². The van der Waals surface area contributed by atoms with Gasteiger partial charge in [0.05, 0.1) is 35.9 Å². The minimum Gasteiger partial charge on any atom is -0.459 e. The Bertz CT molecular complexity index is 1560. The first-order valence-electron chi connectivity index (χ1n) is 14.8. The second-order valence-electron chi connectivity index (χ2n) is 11.6. The molecule has 1 aliphatic carbocycles. The molecule has 3 heterocycles. The lowest BCUT2D eigenvalue weighted by atomic mass is 9.66. The third-order valence-corrected chi connectivity index (χ3v) is 8.64. The Balaban J connectivity index is 1.45. The van der Waals surface area contributed by atoms with Crippen molar-refractivity contribution in [2.24, 2.45) is 23.7 Å². The normalized spacial score (nSPS) is 21.3. The first kappa shape index (κ1) is 31.6. The monoisotopic (exact) mass is 600 g/mol. The molecule has 2 aliphatic rings. The standard InChI is InChI=1S/C33H37BN2O8/c1-19(2)25-16-26-31(33(41)36(32(26)40)22-7-5-6-21(15-22)34(42)43)27(18-38)30(25)29(39)12-9-20(28-8-3-4-13-35-28)14-23-10-11-24(17-37)44-23/h3-8,10-11,13-15,19,26-27,29,31,37-39,42-43H,9,12,16-18H2,1-2H3/b20-14-/t26-,27+,29-,31-/m1/s1. The number of rotatable bonds is 11. The minimum atomic E-state index is -1.76. The van der Waals surface area contributed by atoms with Crippen LogP contribution in [0.15, 0.2) is 76.4 Å². The van der Waals surface area contributed by atoms with Crippen LogP contribution in [-0.4, -0.2) is 62.0 Å². The van der Waals surface area contributed by atoms with Gasteiger partial charge < -0.3 is 29.8 Å². The molecule has 10 nitrogen and oxygen atoms in total. The zero-order valence-electron chi connectivity index (χ0n) is 24.7. The van der Waals surface area contributed by atoms with Crippen LogP contribution in [0, 0.1) is 23.7 Å². The fraction of sp³-hybridized carbons (Fsp3) is 0.364. The van der Waals surface area contributed by atoms with Gasteiger partial charge >= 0.3 is 7.12 Å². The molecule has 5 rings (SSSR count). The van der Waals surface area contributed by atoms with E-state index in [0.29, 0.717) is 29.2 Å². The predicted molar refractivity (Wildman–Crippen MR) is 165 cm³/mol. The third kappa shape index (κ3) is 6.19. The minimum absolute atomic E-state index is 0.0507. The van der Waals surface area contributed by atoms with Gasteiger partial charge in [-0.05, 0) is 84.3 Å². The van der Waals surface area contributed by atoms with Crippen molar-refractivity contribution in [2.45, 2.75) is 45.8 Å². The van der Waals surface area contributed by atoms with Crippen molar-refractivity contribution >= 4 is 41.7 Å². The molecule has 3 aromatic rings. The summed E-state index contributed by atoms with van der Waals surface area (Å²) in [6.45, 7) is 3.29. The van der Waals surface area contributed by atoms with E-state index in [0.717, 1.165) is 16.0 Å². The number of amides is 2. The number of nitrogens with zero attached hydrogens (tertiary/aromatic N) is 2. The first-order valence-corrected chi connectivity index (χ1v) is 14.8. The van der Waals surface area contributed by atoms with Gasteiger partial charge in [-0.1, -0.05) is 37.6 Å². The third-order valence-electron chi connectivity index (χ3n) is 8.64. The number of carbonyl (C=O) groups is 2. The lowest BCUT2D eigenvalue weighted by molar-refractivity contribution is -0.123. The number of anilines is 1. The molecule has 1 aliphatic heterocycles. The largest absolute Gasteiger partial charge is 0.488 e. The van der Waals surface area contributed by atoms with Crippen LogP contribution in [0.2, 0.25) is 0 Å². The van der Waals surface area contributed by atoms with Crippen LogP contribution >= 0.6 is 0 Å². The SMILES string of the molecule is CC(C)C1=C([C@H](O)CC/C(=C/c2ccc(CO)o2)c2ccccn2)[C@H](CO)[C@@H]2C(=O)N(c3cccc(B(O)O)c3)C(=O)[C@@H]2C1. The van der Waals surface area contributed by atoms with E-state index in [-0.39, 0.29) is 36.5 Å². The molecule has 44 heavy (non-hydrogen) atoms. The molecule has 11 heteroatoms. The van der Waals surface area contributed by atoms with E-state index in [4.69, 9.17) is 4.42 Å². The molecule has 2 amide bonds. The maximum Gasteiger partial charge on any atom is 0.488 e. The molecule has 0 bridgehead atoms. The second-order valence-corrected chi connectivity index (χ2v) is 11.6. The van der Waals surface area contributed by atoms with E-state index in [2.05, 4.69) is 4.98 Å². The fourth-order valence-electron chi connectivity index (χ4n) is 6.53. The molecule has 0 unspecified atom stereocenters. The number of allylic oxidation sites excluding steroid dienone is 2. The average molecular weight is 600 g/mol. The summed E-state index contributed by atoms with van der Waals surface area (Å²) in [7, 11) is -1.76. The molecule has 1 aromatic carbocycles. The molecule has 0 saturated carbocycles. The molecule has 1 saturated heterocycles. The molecule has 2 aromatic heterocycles. The van der Waals surface area contributed by atoms with Gasteiger partial charge in [0.1, 0.15) is 18.1 Å². The number of carbonyl (C=O) groups excluding carboxylic acids is 2. The van der Waals surface area contributed by atoms with E-state index in [9.17, 15) is 35.0 Å².